The predicted molar refractivity (Wildman–Crippen MR) is 77.0 cm³/mol. The molecular weight excluding hydrogens is 298 g/mol. The molecule has 2 aromatic rings. The summed E-state index contributed by atoms with van der Waals surface area (Å²) in [5.74, 6) is 0. The average Bonchev–Trinajstić information content (AvgIpc) is 3.03. The predicted octanol–water partition coefficient (Wildman–Crippen LogP) is 1.11. The molecule has 0 bridgehead atoms. The molecule has 2 aromatic heterocycles. The van der Waals surface area contributed by atoms with Crippen molar-refractivity contribution in [3.63, 3.8) is 0 Å². The van der Waals surface area contributed by atoms with Gasteiger partial charge in [-0.05, 0) is 35.2 Å². The number of sulfonamides is 1. The van der Waals surface area contributed by atoms with Crippen LogP contribution in [0.5, 0.6) is 0 Å². The maximum atomic E-state index is 12.1. The van der Waals surface area contributed by atoms with E-state index in [2.05, 4.69) is 9.82 Å². The average molecular weight is 315 g/mol. The third-order valence-corrected chi connectivity index (χ3v) is 5.15. The first-order valence-electron chi connectivity index (χ1n) is 6.17. The molecule has 0 aliphatic heterocycles. The van der Waals surface area contributed by atoms with E-state index < -0.39 is 10.0 Å². The van der Waals surface area contributed by atoms with Gasteiger partial charge in [-0.2, -0.15) is 16.4 Å². The fourth-order valence-electron chi connectivity index (χ4n) is 1.66. The Hall–Kier alpha value is -1.22. The van der Waals surface area contributed by atoms with Gasteiger partial charge in [0.05, 0.1) is 6.20 Å². The van der Waals surface area contributed by atoms with Crippen LogP contribution in [-0.4, -0.2) is 29.9 Å². The van der Waals surface area contributed by atoms with Gasteiger partial charge < -0.3 is 5.11 Å². The highest BCUT2D eigenvalue weighted by Gasteiger charge is 2.16. The van der Waals surface area contributed by atoms with Crippen LogP contribution in [0.25, 0.3) is 0 Å². The lowest BCUT2D eigenvalue weighted by Gasteiger charge is -2.04. The minimum Gasteiger partial charge on any atom is -0.396 e. The number of hydrogen-bond acceptors (Lipinski definition) is 5. The number of hydrogen-bond donors (Lipinski definition) is 2. The van der Waals surface area contributed by atoms with E-state index >= 15 is 0 Å². The van der Waals surface area contributed by atoms with Gasteiger partial charge in [0.1, 0.15) is 4.90 Å². The third-order valence-electron chi connectivity index (χ3n) is 2.88. The lowest BCUT2D eigenvalue weighted by atomic mass is 10.2. The van der Waals surface area contributed by atoms with Crippen LogP contribution < -0.4 is 4.72 Å². The first-order chi connectivity index (χ1) is 9.53. The molecule has 0 aromatic carbocycles. The Balaban J connectivity index is 2.03. The van der Waals surface area contributed by atoms with Crippen molar-refractivity contribution in [2.24, 2.45) is 0 Å². The van der Waals surface area contributed by atoms with Crippen LogP contribution in [0, 0.1) is 6.92 Å². The van der Waals surface area contributed by atoms with E-state index in [1.165, 1.54) is 17.1 Å². The van der Waals surface area contributed by atoms with Crippen molar-refractivity contribution in [3.05, 3.63) is 34.3 Å². The number of aromatic nitrogens is 2. The summed E-state index contributed by atoms with van der Waals surface area (Å²) < 4.78 is 28.3. The highest BCUT2D eigenvalue weighted by Crippen LogP contribution is 2.15. The Morgan fingerprint density at radius 3 is 2.90 bits per heavy atom. The maximum absolute atomic E-state index is 12.1. The van der Waals surface area contributed by atoms with E-state index in [-0.39, 0.29) is 18.0 Å². The van der Waals surface area contributed by atoms with Crippen LogP contribution in [0.3, 0.4) is 0 Å². The number of aliphatic hydroxyl groups excluding tert-OH is 1. The number of aliphatic hydroxyl groups is 1. The SMILES string of the molecule is Cc1cscc1CNS(=O)(=O)c1cnn(CCCO)c1. The quantitative estimate of drug-likeness (QED) is 0.802. The van der Waals surface area contributed by atoms with Gasteiger partial charge in [0.25, 0.3) is 0 Å². The van der Waals surface area contributed by atoms with Gasteiger partial charge in [0.2, 0.25) is 10.0 Å². The van der Waals surface area contributed by atoms with E-state index in [1.54, 1.807) is 11.3 Å². The molecule has 2 heterocycles. The molecule has 6 nitrogen and oxygen atoms in total. The molecule has 0 unspecified atom stereocenters. The standard InChI is InChI=1S/C12H17N3O3S2/c1-10-8-19-9-11(10)5-14-20(17,18)12-6-13-15(7-12)3-2-4-16/h6-9,14,16H,2-5H2,1H3. The molecule has 110 valence electrons. The second kappa shape index (κ2) is 6.49. The smallest absolute Gasteiger partial charge is 0.243 e. The van der Waals surface area contributed by atoms with Crippen molar-refractivity contribution < 1.29 is 13.5 Å². The number of aryl methyl sites for hydroxylation is 2. The van der Waals surface area contributed by atoms with Crippen molar-refractivity contribution in [1.29, 1.82) is 0 Å². The molecule has 0 saturated carbocycles. The summed E-state index contributed by atoms with van der Waals surface area (Å²) >= 11 is 1.55. The second-order valence-electron chi connectivity index (χ2n) is 4.42. The summed E-state index contributed by atoms with van der Waals surface area (Å²) in [5.41, 5.74) is 2.06. The summed E-state index contributed by atoms with van der Waals surface area (Å²) in [7, 11) is -3.55. The molecule has 8 heteroatoms. The fourth-order valence-corrected chi connectivity index (χ4v) is 3.48. The van der Waals surface area contributed by atoms with Crippen molar-refractivity contribution in [3.8, 4) is 0 Å². The minimum atomic E-state index is -3.55. The Morgan fingerprint density at radius 1 is 1.45 bits per heavy atom. The summed E-state index contributed by atoms with van der Waals surface area (Å²) in [4.78, 5) is 0.142. The number of thiophene rings is 1. The largest absolute Gasteiger partial charge is 0.396 e. The molecular formula is C12H17N3O3S2. The van der Waals surface area contributed by atoms with Crippen LogP contribution >= 0.6 is 11.3 Å². The first kappa shape index (κ1) is 15.2. The molecule has 0 amide bonds. The van der Waals surface area contributed by atoms with Gasteiger partial charge in [0, 0.05) is 25.9 Å². The number of rotatable bonds is 7. The zero-order chi connectivity index (χ0) is 14.6. The van der Waals surface area contributed by atoms with Gasteiger partial charge in [0.15, 0.2) is 0 Å². The Kier molecular flexibility index (Phi) is 4.92. The van der Waals surface area contributed by atoms with Crippen LogP contribution in [-0.2, 0) is 23.1 Å². The van der Waals surface area contributed by atoms with E-state index in [0.29, 0.717) is 13.0 Å². The van der Waals surface area contributed by atoms with Crippen molar-refractivity contribution in [2.75, 3.05) is 6.61 Å². The molecule has 2 N–H and O–H groups in total. The normalized spacial score (nSPS) is 11.9. The van der Waals surface area contributed by atoms with Gasteiger partial charge in [-0.3, -0.25) is 4.68 Å². The summed E-state index contributed by atoms with van der Waals surface area (Å²) in [5, 5.41) is 16.6. The molecule has 0 aliphatic carbocycles. The Bertz CT molecular complexity index is 661. The summed E-state index contributed by atoms with van der Waals surface area (Å²) in [6.07, 6.45) is 3.33. The topological polar surface area (TPSA) is 84.2 Å². The van der Waals surface area contributed by atoms with Gasteiger partial charge in [-0.25, -0.2) is 13.1 Å². The minimum absolute atomic E-state index is 0.0532. The van der Waals surface area contributed by atoms with Crippen LogP contribution in [0.2, 0.25) is 0 Å². The van der Waals surface area contributed by atoms with Gasteiger partial charge in [-0.1, -0.05) is 0 Å². The van der Waals surface area contributed by atoms with Gasteiger partial charge in [-0.15, -0.1) is 0 Å². The lowest BCUT2D eigenvalue weighted by Crippen LogP contribution is -2.23. The Labute approximate surface area is 122 Å². The van der Waals surface area contributed by atoms with Crippen molar-refractivity contribution in [1.82, 2.24) is 14.5 Å². The first-order valence-corrected chi connectivity index (χ1v) is 8.60. The molecule has 0 atom stereocenters. The van der Waals surface area contributed by atoms with E-state index in [4.69, 9.17) is 5.11 Å². The highest BCUT2D eigenvalue weighted by atomic mass is 32.2. The third kappa shape index (κ3) is 3.66. The fraction of sp³-hybridized carbons (Fsp3) is 0.417. The van der Waals surface area contributed by atoms with Crippen molar-refractivity contribution in [2.45, 2.75) is 31.3 Å². The van der Waals surface area contributed by atoms with Gasteiger partial charge >= 0.3 is 0 Å². The lowest BCUT2D eigenvalue weighted by molar-refractivity contribution is 0.277. The van der Waals surface area contributed by atoms with E-state index in [9.17, 15) is 8.42 Å². The van der Waals surface area contributed by atoms with Crippen LogP contribution in [0.4, 0.5) is 0 Å². The molecule has 0 fully saturated rings. The second-order valence-corrected chi connectivity index (χ2v) is 6.93. The molecule has 0 saturated heterocycles. The van der Waals surface area contributed by atoms with Crippen molar-refractivity contribution >= 4 is 21.4 Å². The maximum Gasteiger partial charge on any atom is 0.243 e. The van der Waals surface area contributed by atoms with E-state index in [1.807, 2.05) is 17.7 Å². The molecule has 20 heavy (non-hydrogen) atoms. The molecule has 0 spiro atoms. The van der Waals surface area contributed by atoms with Crippen LogP contribution in [0.1, 0.15) is 17.5 Å². The summed E-state index contributed by atoms with van der Waals surface area (Å²) in [6.45, 7) is 2.78. The monoisotopic (exact) mass is 315 g/mol. The zero-order valence-corrected chi connectivity index (χ0v) is 12.7. The highest BCUT2D eigenvalue weighted by molar-refractivity contribution is 7.89. The molecule has 0 aliphatic rings. The number of nitrogens with zero attached hydrogens (tertiary/aromatic N) is 2. The molecule has 0 radical (unpaired) electrons. The van der Waals surface area contributed by atoms with E-state index in [0.717, 1.165) is 11.1 Å². The zero-order valence-electron chi connectivity index (χ0n) is 11.1. The molecule has 2 rings (SSSR count). The number of nitrogens with one attached hydrogen (secondary N) is 1. The Morgan fingerprint density at radius 2 is 2.25 bits per heavy atom. The van der Waals surface area contributed by atoms with Crippen LogP contribution in [0.15, 0.2) is 28.0 Å². The summed E-state index contributed by atoms with van der Waals surface area (Å²) in [6, 6.07) is 0.